The molecule has 6 heteroatoms. The number of benzene rings is 1. The van der Waals surface area contributed by atoms with Crippen LogP contribution in [0.5, 0.6) is 5.75 Å². The van der Waals surface area contributed by atoms with Gasteiger partial charge in [-0.15, -0.1) is 0 Å². The van der Waals surface area contributed by atoms with Crippen LogP contribution in [0.25, 0.3) is 0 Å². The highest BCUT2D eigenvalue weighted by Crippen LogP contribution is 2.12. The molecule has 1 aromatic carbocycles. The molecule has 6 nitrogen and oxygen atoms in total. The van der Waals surface area contributed by atoms with Gasteiger partial charge in [-0.25, -0.2) is 0 Å². The lowest BCUT2D eigenvalue weighted by atomic mass is 10.2. The van der Waals surface area contributed by atoms with Crippen molar-refractivity contribution in [3.8, 4) is 5.75 Å². The summed E-state index contributed by atoms with van der Waals surface area (Å²) in [6.07, 6.45) is 4.34. The monoisotopic (exact) mass is 342 g/mol. The van der Waals surface area contributed by atoms with E-state index < -0.39 is 0 Å². The van der Waals surface area contributed by atoms with Crippen LogP contribution in [0.4, 0.5) is 5.69 Å². The summed E-state index contributed by atoms with van der Waals surface area (Å²) in [5, 5.41) is 6.21. The molecular formula is C19H26N4O2. The number of anilines is 1. The van der Waals surface area contributed by atoms with Crippen LogP contribution in [-0.2, 0) is 6.54 Å². The molecule has 2 N–H and O–H groups in total. The van der Waals surface area contributed by atoms with Crippen LogP contribution in [0, 0.1) is 0 Å². The molecule has 0 unspecified atom stereocenters. The lowest BCUT2D eigenvalue weighted by Gasteiger charge is -2.11. The lowest BCUT2D eigenvalue weighted by Crippen LogP contribution is -2.23. The van der Waals surface area contributed by atoms with E-state index in [-0.39, 0.29) is 5.91 Å². The van der Waals surface area contributed by atoms with Crippen molar-refractivity contribution in [1.82, 2.24) is 15.2 Å². The maximum atomic E-state index is 12.3. The third kappa shape index (κ3) is 6.43. The number of pyridine rings is 1. The Bertz CT molecular complexity index is 671. The molecule has 25 heavy (non-hydrogen) atoms. The zero-order valence-electron chi connectivity index (χ0n) is 15.1. The minimum Gasteiger partial charge on any atom is -0.497 e. The average molecular weight is 342 g/mol. The molecule has 0 aliphatic heterocycles. The Balaban J connectivity index is 1.85. The maximum absolute atomic E-state index is 12.3. The van der Waals surface area contributed by atoms with Crippen LogP contribution in [0.2, 0.25) is 0 Å². The molecule has 2 aromatic rings. The molecule has 0 aliphatic carbocycles. The molecule has 0 fully saturated rings. The minimum atomic E-state index is -0.139. The fourth-order valence-corrected chi connectivity index (χ4v) is 2.32. The van der Waals surface area contributed by atoms with E-state index in [1.165, 1.54) is 0 Å². The lowest BCUT2D eigenvalue weighted by molar-refractivity contribution is 0.0950. The van der Waals surface area contributed by atoms with Crippen LogP contribution in [0.3, 0.4) is 0 Å². The first kappa shape index (κ1) is 18.7. The van der Waals surface area contributed by atoms with Crippen molar-refractivity contribution in [2.24, 2.45) is 0 Å². The van der Waals surface area contributed by atoms with Gasteiger partial charge in [0.05, 0.1) is 18.4 Å². The number of amides is 1. The van der Waals surface area contributed by atoms with Crippen molar-refractivity contribution in [2.45, 2.75) is 13.0 Å². The highest BCUT2D eigenvalue weighted by atomic mass is 16.5. The third-order valence-corrected chi connectivity index (χ3v) is 3.72. The number of rotatable bonds is 9. The van der Waals surface area contributed by atoms with Crippen molar-refractivity contribution in [1.29, 1.82) is 0 Å². The van der Waals surface area contributed by atoms with Crippen molar-refractivity contribution in [3.05, 3.63) is 53.9 Å². The molecule has 1 amide bonds. The van der Waals surface area contributed by atoms with Crippen molar-refractivity contribution >= 4 is 11.6 Å². The molecule has 1 heterocycles. The molecule has 0 radical (unpaired) electrons. The second-order valence-electron chi connectivity index (χ2n) is 6.08. The Morgan fingerprint density at radius 2 is 1.96 bits per heavy atom. The van der Waals surface area contributed by atoms with E-state index in [1.54, 1.807) is 19.5 Å². The highest BCUT2D eigenvalue weighted by Gasteiger charge is 2.07. The van der Waals surface area contributed by atoms with Crippen LogP contribution in [0.15, 0.2) is 42.7 Å². The van der Waals surface area contributed by atoms with E-state index >= 15 is 0 Å². The van der Waals surface area contributed by atoms with Crippen LogP contribution < -0.4 is 15.4 Å². The van der Waals surface area contributed by atoms with E-state index in [0.29, 0.717) is 12.1 Å². The first-order valence-corrected chi connectivity index (χ1v) is 8.33. The van der Waals surface area contributed by atoms with Gasteiger partial charge < -0.3 is 20.3 Å². The topological polar surface area (TPSA) is 66.5 Å². The van der Waals surface area contributed by atoms with E-state index in [4.69, 9.17) is 4.74 Å². The SMILES string of the molecule is COc1ccc(CNC(=O)c2cncc(NCCCN(C)C)c2)cc1. The van der Waals surface area contributed by atoms with Crippen LogP contribution in [-0.4, -0.2) is 50.1 Å². The summed E-state index contributed by atoms with van der Waals surface area (Å²) in [6.45, 7) is 2.32. The van der Waals surface area contributed by atoms with E-state index in [0.717, 1.165) is 36.5 Å². The minimum absolute atomic E-state index is 0.139. The number of ether oxygens (including phenoxy) is 1. The second-order valence-corrected chi connectivity index (χ2v) is 6.08. The number of methoxy groups -OCH3 is 1. The molecule has 0 aliphatic rings. The number of aromatic nitrogens is 1. The van der Waals surface area contributed by atoms with Gasteiger partial charge in [0.2, 0.25) is 0 Å². The van der Waals surface area contributed by atoms with E-state index in [9.17, 15) is 4.79 Å². The summed E-state index contributed by atoms with van der Waals surface area (Å²) in [5.41, 5.74) is 2.42. The summed E-state index contributed by atoms with van der Waals surface area (Å²) >= 11 is 0. The summed E-state index contributed by atoms with van der Waals surface area (Å²) in [6, 6.07) is 9.44. The first-order valence-electron chi connectivity index (χ1n) is 8.33. The van der Waals surface area contributed by atoms with E-state index in [2.05, 4.69) is 34.6 Å². The van der Waals surface area contributed by atoms with Crippen molar-refractivity contribution < 1.29 is 9.53 Å². The van der Waals surface area contributed by atoms with Gasteiger partial charge in [-0.1, -0.05) is 12.1 Å². The van der Waals surface area contributed by atoms with Gasteiger partial charge in [0.1, 0.15) is 5.75 Å². The molecular weight excluding hydrogens is 316 g/mol. The zero-order valence-corrected chi connectivity index (χ0v) is 15.1. The second kappa shape index (κ2) is 9.64. The number of nitrogens with one attached hydrogen (secondary N) is 2. The maximum Gasteiger partial charge on any atom is 0.253 e. The number of nitrogens with zero attached hydrogens (tertiary/aromatic N) is 2. The number of hydrogen-bond acceptors (Lipinski definition) is 5. The van der Waals surface area contributed by atoms with Crippen molar-refractivity contribution in [2.75, 3.05) is 39.6 Å². The summed E-state index contributed by atoms with van der Waals surface area (Å²) in [7, 11) is 5.73. The van der Waals surface area contributed by atoms with Crippen molar-refractivity contribution in [3.63, 3.8) is 0 Å². The number of hydrogen-bond donors (Lipinski definition) is 2. The normalized spacial score (nSPS) is 10.6. The third-order valence-electron chi connectivity index (χ3n) is 3.72. The van der Waals surface area contributed by atoms with Gasteiger partial charge in [-0.3, -0.25) is 9.78 Å². The molecule has 0 atom stereocenters. The molecule has 0 bridgehead atoms. The fourth-order valence-electron chi connectivity index (χ4n) is 2.32. The Morgan fingerprint density at radius 3 is 2.64 bits per heavy atom. The quantitative estimate of drug-likeness (QED) is 0.685. The number of carbonyl (C=O) groups is 1. The smallest absolute Gasteiger partial charge is 0.253 e. The summed E-state index contributed by atoms with van der Waals surface area (Å²) in [4.78, 5) is 18.6. The van der Waals surface area contributed by atoms with Gasteiger partial charge in [0.25, 0.3) is 5.91 Å². The summed E-state index contributed by atoms with van der Waals surface area (Å²) in [5.74, 6) is 0.660. The van der Waals surface area contributed by atoms with Gasteiger partial charge in [-0.05, 0) is 50.8 Å². The zero-order chi connectivity index (χ0) is 18.1. The average Bonchev–Trinajstić information content (AvgIpc) is 2.64. The van der Waals surface area contributed by atoms with Crippen LogP contribution in [0.1, 0.15) is 22.3 Å². The molecule has 2 rings (SSSR count). The highest BCUT2D eigenvalue weighted by molar-refractivity contribution is 5.94. The molecule has 0 spiro atoms. The largest absolute Gasteiger partial charge is 0.497 e. The van der Waals surface area contributed by atoms with Gasteiger partial charge in [0.15, 0.2) is 0 Å². The predicted octanol–water partition coefficient (Wildman–Crippen LogP) is 2.38. The Morgan fingerprint density at radius 1 is 1.20 bits per heavy atom. The molecule has 134 valence electrons. The Kier molecular flexibility index (Phi) is 7.22. The summed E-state index contributed by atoms with van der Waals surface area (Å²) < 4.78 is 5.13. The predicted molar refractivity (Wildman–Crippen MR) is 100 cm³/mol. The molecule has 0 saturated heterocycles. The Labute approximate surface area is 149 Å². The van der Waals surface area contributed by atoms with Crippen LogP contribution >= 0.6 is 0 Å². The first-order chi connectivity index (χ1) is 12.1. The Hall–Kier alpha value is -2.60. The molecule has 1 aromatic heterocycles. The number of carbonyl (C=O) groups excluding carboxylic acids is 1. The fraction of sp³-hybridized carbons (Fsp3) is 0.368. The van der Waals surface area contributed by atoms with E-state index in [1.807, 2.05) is 30.3 Å². The van der Waals surface area contributed by atoms with Gasteiger partial charge in [0, 0.05) is 25.5 Å². The standard InChI is InChI=1S/C19H26N4O2/c1-23(2)10-4-9-21-17-11-16(13-20-14-17)19(24)22-12-15-5-7-18(25-3)8-6-15/h5-8,11,13-14,21H,4,9-10,12H2,1-3H3,(H,22,24). The molecule has 0 saturated carbocycles. The van der Waals surface area contributed by atoms with Gasteiger partial charge >= 0.3 is 0 Å². The van der Waals surface area contributed by atoms with Gasteiger partial charge in [-0.2, -0.15) is 0 Å².